The first-order valence-corrected chi connectivity index (χ1v) is 12.2. The van der Waals surface area contributed by atoms with E-state index in [2.05, 4.69) is 25.8 Å². The molecule has 1 saturated carbocycles. The SMILES string of the molecule is CN(C)c1cc(N2C[C@H]3C[C@@H](C2)[C@H](CC2CCCCC2)N2C(=O)CCC[C@@H]32)ncn1. The molecule has 2 bridgehead atoms. The Labute approximate surface area is 181 Å². The van der Waals surface area contributed by atoms with Crippen molar-refractivity contribution in [3.8, 4) is 0 Å². The molecule has 5 rings (SSSR count). The lowest BCUT2D eigenvalue weighted by molar-refractivity contribution is -0.149. The number of rotatable bonds is 4. The molecule has 30 heavy (non-hydrogen) atoms. The zero-order valence-electron chi connectivity index (χ0n) is 18.7. The average Bonchev–Trinajstić information content (AvgIpc) is 2.77. The predicted octanol–water partition coefficient (Wildman–Crippen LogP) is 3.72. The van der Waals surface area contributed by atoms with E-state index in [1.807, 2.05) is 19.0 Å². The molecule has 0 unspecified atom stereocenters. The van der Waals surface area contributed by atoms with Crippen molar-refractivity contribution >= 4 is 17.5 Å². The second-order valence-electron chi connectivity index (χ2n) is 10.4. The highest BCUT2D eigenvalue weighted by atomic mass is 16.2. The van der Waals surface area contributed by atoms with E-state index < -0.39 is 0 Å². The molecule has 1 aliphatic carbocycles. The van der Waals surface area contributed by atoms with Crippen molar-refractivity contribution in [2.45, 2.75) is 76.3 Å². The van der Waals surface area contributed by atoms with Crippen molar-refractivity contribution in [2.24, 2.45) is 17.8 Å². The first-order valence-electron chi connectivity index (χ1n) is 12.2. The fourth-order valence-corrected chi connectivity index (χ4v) is 6.78. The standard InChI is InChI=1S/C24H37N5O/c1-27(2)22-13-23(26-16-25-22)28-14-18-12-19(15-28)21(11-17-7-4-3-5-8-17)29-20(18)9-6-10-24(29)30/h13,16-21H,3-12,14-15H2,1-2H3/t18-,19+,20+,21+/m1/s1. The van der Waals surface area contributed by atoms with Crippen molar-refractivity contribution in [3.63, 3.8) is 0 Å². The summed E-state index contributed by atoms with van der Waals surface area (Å²) >= 11 is 0. The van der Waals surface area contributed by atoms with Gasteiger partial charge in [0, 0.05) is 51.8 Å². The Morgan fingerprint density at radius 1 is 1.03 bits per heavy atom. The number of nitrogens with zero attached hydrogens (tertiary/aromatic N) is 5. The fraction of sp³-hybridized carbons (Fsp3) is 0.792. The van der Waals surface area contributed by atoms with Crippen LogP contribution in [0.25, 0.3) is 0 Å². The van der Waals surface area contributed by atoms with Crippen LogP contribution in [0.5, 0.6) is 0 Å². The summed E-state index contributed by atoms with van der Waals surface area (Å²) < 4.78 is 0. The molecule has 6 nitrogen and oxygen atoms in total. The summed E-state index contributed by atoms with van der Waals surface area (Å²) in [6.45, 7) is 2.04. The minimum absolute atomic E-state index is 0.431. The Balaban J connectivity index is 1.41. The van der Waals surface area contributed by atoms with Crippen LogP contribution >= 0.6 is 0 Å². The van der Waals surface area contributed by atoms with Gasteiger partial charge in [-0.15, -0.1) is 0 Å². The van der Waals surface area contributed by atoms with Gasteiger partial charge in [0.05, 0.1) is 0 Å². The Morgan fingerprint density at radius 2 is 1.83 bits per heavy atom. The van der Waals surface area contributed by atoms with E-state index in [1.165, 1.54) is 51.4 Å². The molecule has 4 aliphatic rings. The van der Waals surface area contributed by atoms with Gasteiger partial charge in [-0.2, -0.15) is 0 Å². The van der Waals surface area contributed by atoms with Gasteiger partial charge >= 0.3 is 0 Å². The first kappa shape index (κ1) is 20.1. The molecule has 3 aliphatic heterocycles. The molecule has 1 amide bonds. The number of piperidine rings is 3. The van der Waals surface area contributed by atoms with Crippen molar-refractivity contribution in [2.75, 3.05) is 37.0 Å². The topological polar surface area (TPSA) is 52.6 Å². The van der Waals surface area contributed by atoms with Crippen LogP contribution < -0.4 is 9.80 Å². The van der Waals surface area contributed by atoms with E-state index >= 15 is 0 Å². The van der Waals surface area contributed by atoms with Crippen LogP contribution in [0.2, 0.25) is 0 Å². The molecule has 164 valence electrons. The number of anilines is 2. The van der Waals surface area contributed by atoms with Crippen molar-refractivity contribution < 1.29 is 4.79 Å². The van der Waals surface area contributed by atoms with Crippen molar-refractivity contribution in [3.05, 3.63) is 12.4 Å². The minimum Gasteiger partial charge on any atom is -0.363 e. The molecule has 4 heterocycles. The van der Waals surface area contributed by atoms with Gasteiger partial charge in [-0.05, 0) is 43.4 Å². The van der Waals surface area contributed by atoms with Crippen LogP contribution in [0.3, 0.4) is 0 Å². The number of fused-ring (bicyclic) bond motifs is 4. The summed E-state index contributed by atoms with van der Waals surface area (Å²) in [4.78, 5) is 29.1. The molecule has 6 heteroatoms. The van der Waals surface area contributed by atoms with Crippen LogP contribution in [0.4, 0.5) is 11.6 Å². The predicted molar refractivity (Wildman–Crippen MR) is 120 cm³/mol. The molecule has 1 aromatic rings. The largest absolute Gasteiger partial charge is 0.363 e. The minimum atomic E-state index is 0.431. The molecule has 4 atom stereocenters. The van der Waals surface area contributed by atoms with Crippen LogP contribution in [0.1, 0.15) is 64.2 Å². The molecule has 0 spiro atoms. The first-order chi connectivity index (χ1) is 14.6. The third kappa shape index (κ3) is 3.78. The number of aromatic nitrogens is 2. The average molecular weight is 412 g/mol. The van der Waals surface area contributed by atoms with Gasteiger partial charge in [0.25, 0.3) is 0 Å². The maximum atomic E-state index is 13.1. The highest BCUT2D eigenvalue weighted by molar-refractivity contribution is 5.78. The number of hydrogen-bond acceptors (Lipinski definition) is 5. The summed E-state index contributed by atoms with van der Waals surface area (Å²) in [6, 6.07) is 3.00. The van der Waals surface area contributed by atoms with E-state index in [0.29, 0.717) is 29.8 Å². The Hall–Kier alpha value is -1.85. The number of amides is 1. The van der Waals surface area contributed by atoms with Gasteiger partial charge in [0.15, 0.2) is 0 Å². The lowest BCUT2D eigenvalue weighted by Crippen LogP contribution is -2.65. The Bertz CT molecular complexity index is 762. The van der Waals surface area contributed by atoms with E-state index in [1.54, 1.807) is 6.33 Å². The van der Waals surface area contributed by atoms with Gasteiger partial charge in [-0.1, -0.05) is 32.1 Å². The molecule has 1 aromatic heterocycles. The van der Waals surface area contributed by atoms with Crippen molar-refractivity contribution in [1.82, 2.24) is 14.9 Å². The maximum absolute atomic E-state index is 13.1. The smallest absolute Gasteiger partial charge is 0.223 e. The van der Waals surface area contributed by atoms with Crippen LogP contribution in [-0.4, -0.2) is 60.0 Å². The lowest BCUT2D eigenvalue weighted by atomic mass is 9.69. The van der Waals surface area contributed by atoms with Gasteiger partial charge in [0.2, 0.25) is 5.91 Å². The molecule has 0 aromatic carbocycles. The van der Waals surface area contributed by atoms with Crippen LogP contribution in [0, 0.1) is 17.8 Å². The van der Waals surface area contributed by atoms with Crippen molar-refractivity contribution in [1.29, 1.82) is 0 Å². The van der Waals surface area contributed by atoms with E-state index in [0.717, 1.165) is 43.5 Å². The summed E-state index contributed by atoms with van der Waals surface area (Å²) in [5, 5.41) is 0. The third-order valence-corrected chi connectivity index (χ3v) is 8.22. The number of carbonyl (C=O) groups excluding carboxylic acids is 1. The quantitative estimate of drug-likeness (QED) is 0.756. The summed E-state index contributed by atoms with van der Waals surface area (Å²) in [5.41, 5.74) is 0. The maximum Gasteiger partial charge on any atom is 0.223 e. The number of carbonyl (C=O) groups is 1. The van der Waals surface area contributed by atoms with Gasteiger partial charge in [-0.25, -0.2) is 9.97 Å². The molecule has 3 saturated heterocycles. The second-order valence-corrected chi connectivity index (χ2v) is 10.4. The molecule has 4 fully saturated rings. The third-order valence-electron chi connectivity index (χ3n) is 8.22. The van der Waals surface area contributed by atoms with Crippen LogP contribution in [0.15, 0.2) is 12.4 Å². The molecular weight excluding hydrogens is 374 g/mol. The van der Waals surface area contributed by atoms with Crippen LogP contribution in [-0.2, 0) is 4.79 Å². The van der Waals surface area contributed by atoms with Gasteiger partial charge in [0.1, 0.15) is 18.0 Å². The van der Waals surface area contributed by atoms with E-state index in [4.69, 9.17) is 0 Å². The summed E-state index contributed by atoms with van der Waals surface area (Å²) in [6.07, 6.45) is 14.1. The monoisotopic (exact) mass is 411 g/mol. The zero-order chi connectivity index (χ0) is 20.7. The normalized spacial score (nSPS) is 32.1. The van der Waals surface area contributed by atoms with Gasteiger partial charge in [-0.3, -0.25) is 4.79 Å². The summed E-state index contributed by atoms with van der Waals surface area (Å²) in [7, 11) is 4.06. The lowest BCUT2D eigenvalue weighted by Gasteiger charge is -2.57. The number of hydrogen-bond donors (Lipinski definition) is 0. The zero-order valence-corrected chi connectivity index (χ0v) is 18.7. The van der Waals surface area contributed by atoms with E-state index in [-0.39, 0.29) is 0 Å². The van der Waals surface area contributed by atoms with E-state index in [9.17, 15) is 4.79 Å². The molecular formula is C24H37N5O. The Kier molecular flexibility index (Phi) is 5.59. The summed E-state index contributed by atoms with van der Waals surface area (Å²) in [5.74, 6) is 4.41. The Morgan fingerprint density at radius 3 is 2.63 bits per heavy atom. The highest BCUT2D eigenvalue weighted by Crippen LogP contribution is 2.45. The highest BCUT2D eigenvalue weighted by Gasteiger charge is 2.49. The second kappa shape index (κ2) is 8.35. The fourth-order valence-electron chi connectivity index (χ4n) is 6.78. The van der Waals surface area contributed by atoms with Gasteiger partial charge < -0.3 is 14.7 Å². The molecule has 0 radical (unpaired) electrons. The molecule has 0 N–H and O–H groups in total.